The summed E-state index contributed by atoms with van der Waals surface area (Å²) in [6, 6.07) is 14.8. The van der Waals surface area contributed by atoms with Crippen molar-refractivity contribution >= 4 is 39.5 Å². The third kappa shape index (κ3) is 3.05. The molecule has 0 aliphatic rings. The zero-order valence-electron chi connectivity index (χ0n) is 13.8. The summed E-state index contributed by atoms with van der Waals surface area (Å²) in [5, 5.41) is 5.12. The molecule has 5 nitrogen and oxygen atoms in total. The molecule has 0 spiro atoms. The van der Waals surface area contributed by atoms with Crippen molar-refractivity contribution in [1.29, 1.82) is 0 Å². The molecule has 26 heavy (non-hydrogen) atoms. The number of hydrogen-bond donors (Lipinski definition) is 1. The van der Waals surface area contributed by atoms with E-state index in [1.807, 2.05) is 42.6 Å². The van der Waals surface area contributed by atoms with Gasteiger partial charge in [-0.05, 0) is 24.3 Å². The number of nitrogens with one attached hydrogen (secondary N) is 1. The second-order valence-electron chi connectivity index (χ2n) is 5.57. The van der Waals surface area contributed by atoms with Crippen LogP contribution in [0.3, 0.4) is 0 Å². The van der Waals surface area contributed by atoms with Gasteiger partial charge < -0.3 is 10.1 Å². The summed E-state index contributed by atoms with van der Waals surface area (Å²) in [6.07, 6.45) is 1.85. The maximum Gasteiger partial charge on any atom is 0.273 e. The van der Waals surface area contributed by atoms with Crippen molar-refractivity contribution in [3.05, 3.63) is 70.8 Å². The van der Waals surface area contributed by atoms with Crippen LogP contribution in [0.1, 0.15) is 10.5 Å². The first kappa shape index (κ1) is 16.6. The Morgan fingerprint density at radius 3 is 2.88 bits per heavy atom. The van der Waals surface area contributed by atoms with E-state index in [0.29, 0.717) is 16.4 Å². The first-order chi connectivity index (χ1) is 12.7. The van der Waals surface area contributed by atoms with Crippen LogP contribution in [0.4, 0.5) is 5.69 Å². The van der Waals surface area contributed by atoms with Crippen LogP contribution in [0.5, 0.6) is 5.75 Å². The lowest BCUT2D eigenvalue weighted by Gasteiger charge is -2.06. The Kier molecular flexibility index (Phi) is 4.36. The Bertz CT molecular complexity index is 1100. The number of halogens is 1. The molecular formula is C19H14ClN3O2S. The second kappa shape index (κ2) is 6.82. The number of methoxy groups -OCH3 is 1. The lowest BCUT2D eigenvalue weighted by Crippen LogP contribution is -2.14. The molecule has 4 rings (SSSR count). The molecule has 1 amide bonds. The summed E-state index contributed by atoms with van der Waals surface area (Å²) in [6.45, 7) is 0. The van der Waals surface area contributed by atoms with Crippen LogP contribution in [0.2, 0.25) is 5.02 Å². The average Bonchev–Trinajstić information content (AvgIpc) is 3.24. The molecular weight excluding hydrogens is 370 g/mol. The first-order valence-corrected chi connectivity index (χ1v) is 9.08. The average molecular weight is 384 g/mol. The van der Waals surface area contributed by atoms with E-state index >= 15 is 0 Å². The molecule has 0 aliphatic heterocycles. The minimum atomic E-state index is -0.237. The van der Waals surface area contributed by atoms with Gasteiger partial charge in [0.15, 0.2) is 4.96 Å². The highest BCUT2D eigenvalue weighted by Crippen LogP contribution is 2.27. The zero-order chi connectivity index (χ0) is 18.1. The topological polar surface area (TPSA) is 55.6 Å². The number of carbonyl (C=O) groups excluding carboxylic acids is 1. The van der Waals surface area contributed by atoms with Crippen molar-refractivity contribution in [2.24, 2.45) is 0 Å². The van der Waals surface area contributed by atoms with Gasteiger partial charge in [0.25, 0.3) is 5.91 Å². The van der Waals surface area contributed by atoms with Crippen LogP contribution >= 0.6 is 22.9 Å². The molecule has 0 unspecified atom stereocenters. The van der Waals surface area contributed by atoms with Crippen LogP contribution in [0.25, 0.3) is 16.2 Å². The van der Waals surface area contributed by atoms with E-state index in [1.54, 1.807) is 29.0 Å². The molecule has 0 radical (unpaired) electrons. The van der Waals surface area contributed by atoms with E-state index < -0.39 is 0 Å². The number of carbonyl (C=O) groups is 1. The molecule has 2 aromatic heterocycles. The van der Waals surface area contributed by atoms with E-state index in [2.05, 4.69) is 10.3 Å². The Labute approximate surface area is 158 Å². The largest absolute Gasteiger partial charge is 0.497 e. The molecule has 2 heterocycles. The molecule has 130 valence electrons. The molecule has 0 saturated heterocycles. The number of thiazole rings is 1. The van der Waals surface area contributed by atoms with Crippen molar-refractivity contribution < 1.29 is 9.53 Å². The van der Waals surface area contributed by atoms with Gasteiger partial charge in [0, 0.05) is 17.1 Å². The van der Waals surface area contributed by atoms with Crippen LogP contribution in [0.15, 0.2) is 60.1 Å². The van der Waals surface area contributed by atoms with Gasteiger partial charge in [-0.3, -0.25) is 9.20 Å². The van der Waals surface area contributed by atoms with E-state index in [9.17, 15) is 4.79 Å². The van der Waals surface area contributed by atoms with E-state index in [4.69, 9.17) is 16.3 Å². The number of amides is 1. The van der Waals surface area contributed by atoms with E-state index in [-0.39, 0.29) is 5.91 Å². The smallest absolute Gasteiger partial charge is 0.273 e. The predicted octanol–water partition coefficient (Wildman–Crippen LogP) is 4.98. The summed E-state index contributed by atoms with van der Waals surface area (Å²) >= 11 is 7.53. The molecule has 7 heteroatoms. The van der Waals surface area contributed by atoms with Crippen LogP contribution in [-0.2, 0) is 0 Å². The summed E-state index contributed by atoms with van der Waals surface area (Å²) in [5.74, 6) is 0.523. The van der Waals surface area contributed by atoms with Gasteiger partial charge in [-0.1, -0.05) is 35.9 Å². The Morgan fingerprint density at radius 1 is 1.23 bits per heavy atom. The second-order valence-corrected chi connectivity index (χ2v) is 6.81. The van der Waals surface area contributed by atoms with E-state index in [0.717, 1.165) is 22.0 Å². The van der Waals surface area contributed by atoms with Gasteiger partial charge in [-0.25, -0.2) is 4.98 Å². The van der Waals surface area contributed by atoms with Gasteiger partial charge in [0.05, 0.1) is 23.5 Å². The number of fused-ring (bicyclic) bond motifs is 1. The monoisotopic (exact) mass is 383 g/mol. The standard InChI is InChI=1S/C19H14ClN3O2S/c1-25-13-6-4-5-12(9-13)16-10-23-17(11-26-19(23)22-16)18(24)21-15-8-3-2-7-14(15)20/h2-11H,1H3,(H,21,24). The number of rotatable bonds is 4. The fourth-order valence-electron chi connectivity index (χ4n) is 2.62. The van der Waals surface area contributed by atoms with Crippen LogP contribution in [-0.4, -0.2) is 22.4 Å². The normalized spacial score (nSPS) is 10.8. The highest BCUT2D eigenvalue weighted by molar-refractivity contribution is 7.15. The number of nitrogens with zero attached hydrogens (tertiary/aromatic N) is 2. The van der Waals surface area contributed by atoms with Crippen LogP contribution < -0.4 is 10.1 Å². The highest BCUT2D eigenvalue weighted by atomic mass is 35.5. The Hall–Kier alpha value is -2.83. The van der Waals surface area contributed by atoms with Gasteiger partial charge in [0.2, 0.25) is 0 Å². The number of benzene rings is 2. The number of imidazole rings is 1. The minimum Gasteiger partial charge on any atom is -0.497 e. The Balaban J connectivity index is 1.67. The van der Waals surface area contributed by atoms with Crippen LogP contribution in [0, 0.1) is 0 Å². The highest BCUT2D eigenvalue weighted by Gasteiger charge is 2.16. The van der Waals surface area contributed by atoms with E-state index in [1.165, 1.54) is 11.3 Å². The molecule has 1 N–H and O–H groups in total. The summed E-state index contributed by atoms with van der Waals surface area (Å²) in [7, 11) is 1.63. The molecule has 0 bridgehead atoms. The number of aromatic nitrogens is 2. The molecule has 4 aromatic rings. The zero-order valence-corrected chi connectivity index (χ0v) is 15.3. The summed E-state index contributed by atoms with van der Waals surface area (Å²) in [4.78, 5) is 18.0. The fraction of sp³-hybridized carbons (Fsp3) is 0.0526. The van der Waals surface area contributed by atoms with Crippen molar-refractivity contribution in [2.75, 3.05) is 12.4 Å². The summed E-state index contributed by atoms with van der Waals surface area (Å²) < 4.78 is 7.05. The van der Waals surface area contributed by atoms with Gasteiger partial charge in [0.1, 0.15) is 11.4 Å². The van der Waals surface area contributed by atoms with Crippen molar-refractivity contribution in [1.82, 2.24) is 9.38 Å². The number of ether oxygens (including phenoxy) is 1. The Morgan fingerprint density at radius 2 is 2.08 bits per heavy atom. The van der Waals surface area contributed by atoms with Gasteiger partial charge >= 0.3 is 0 Å². The molecule has 0 aliphatic carbocycles. The number of para-hydroxylation sites is 1. The number of anilines is 1. The molecule has 0 fully saturated rings. The third-order valence-corrected chi connectivity index (χ3v) is 5.10. The molecule has 0 saturated carbocycles. The molecule has 2 aromatic carbocycles. The summed E-state index contributed by atoms with van der Waals surface area (Å²) in [5.41, 5.74) is 2.79. The maximum absolute atomic E-state index is 12.7. The quantitative estimate of drug-likeness (QED) is 0.541. The van der Waals surface area contributed by atoms with Gasteiger partial charge in [-0.2, -0.15) is 0 Å². The van der Waals surface area contributed by atoms with Gasteiger partial charge in [-0.15, -0.1) is 11.3 Å². The minimum absolute atomic E-state index is 0.237. The van der Waals surface area contributed by atoms with Crippen molar-refractivity contribution in [2.45, 2.75) is 0 Å². The maximum atomic E-state index is 12.7. The fourth-order valence-corrected chi connectivity index (χ4v) is 3.65. The van der Waals surface area contributed by atoms with Crippen molar-refractivity contribution in [3.8, 4) is 17.0 Å². The predicted molar refractivity (Wildman–Crippen MR) is 104 cm³/mol. The third-order valence-electron chi connectivity index (χ3n) is 3.93. The van der Waals surface area contributed by atoms with Crippen molar-refractivity contribution in [3.63, 3.8) is 0 Å². The number of hydrogen-bond acceptors (Lipinski definition) is 4. The lowest BCUT2D eigenvalue weighted by molar-refractivity contribution is 0.102. The SMILES string of the molecule is COc1cccc(-c2cn3c(C(=O)Nc4ccccc4Cl)csc3n2)c1. The molecule has 0 atom stereocenters. The first-order valence-electron chi connectivity index (χ1n) is 7.82. The lowest BCUT2D eigenvalue weighted by atomic mass is 10.1.